The van der Waals surface area contributed by atoms with Crippen LogP contribution in [0.1, 0.15) is 35.8 Å². The summed E-state index contributed by atoms with van der Waals surface area (Å²) in [6.45, 7) is 2.46. The second kappa shape index (κ2) is 5.00. The van der Waals surface area contributed by atoms with Crippen LogP contribution in [0.5, 0.6) is 0 Å². The lowest BCUT2D eigenvalue weighted by atomic mass is 9.99. The van der Waals surface area contributed by atoms with Gasteiger partial charge in [0.05, 0.1) is 5.92 Å². The Morgan fingerprint density at radius 2 is 2.35 bits per heavy atom. The van der Waals surface area contributed by atoms with Crippen molar-refractivity contribution < 1.29 is 4.79 Å². The van der Waals surface area contributed by atoms with Gasteiger partial charge in [-0.15, -0.1) is 11.6 Å². The van der Waals surface area contributed by atoms with Crippen molar-refractivity contribution in [3.63, 3.8) is 0 Å². The molecule has 0 N–H and O–H groups in total. The summed E-state index contributed by atoms with van der Waals surface area (Å²) in [6.07, 6.45) is 3.05. The molecular weight excluding hydrogens is 240 g/mol. The first kappa shape index (κ1) is 12.3. The highest BCUT2D eigenvalue weighted by Gasteiger charge is 2.24. The van der Waals surface area contributed by atoms with E-state index < -0.39 is 0 Å². The van der Waals surface area contributed by atoms with Crippen LogP contribution in [0.3, 0.4) is 0 Å². The fraction of sp³-hybridized carbons (Fsp3) is 0.583. The van der Waals surface area contributed by atoms with E-state index in [2.05, 4.69) is 4.98 Å². The second-order valence-corrected chi connectivity index (χ2v) is 4.69. The van der Waals surface area contributed by atoms with E-state index in [1.54, 1.807) is 11.5 Å². The molecule has 1 aromatic rings. The summed E-state index contributed by atoms with van der Waals surface area (Å²) in [5.41, 5.74) is 1.35. The van der Waals surface area contributed by atoms with Gasteiger partial charge in [-0.1, -0.05) is 0 Å². The van der Waals surface area contributed by atoms with Gasteiger partial charge < -0.3 is 4.79 Å². The van der Waals surface area contributed by atoms with Gasteiger partial charge in [-0.25, -0.2) is 4.98 Å². The predicted molar refractivity (Wildman–Crippen MR) is 65.7 cm³/mol. The molecular formula is C12H15ClN2O2. The van der Waals surface area contributed by atoms with Gasteiger partial charge >= 0.3 is 0 Å². The summed E-state index contributed by atoms with van der Waals surface area (Å²) < 4.78 is 1.64. The molecule has 1 unspecified atom stereocenters. The molecule has 92 valence electrons. The van der Waals surface area contributed by atoms with E-state index in [4.69, 9.17) is 11.6 Å². The van der Waals surface area contributed by atoms with Crippen LogP contribution in [0.15, 0.2) is 4.79 Å². The molecule has 5 heteroatoms. The van der Waals surface area contributed by atoms with Crippen LogP contribution in [0.4, 0.5) is 0 Å². The van der Waals surface area contributed by atoms with Crippen LogP contribution in [0.2, 0.25) is 0 Å². The van der Waals surface area contributed by atoms with Crippen molar-refractivity contribution in [2.75, 3.05) is 5.88 Å². The Kier molecular flexibility index (Phi) is 3.62. The van der Waals surface area contributed by atoms with Crippen LogP contribution >= 0.6 is 11.6 Å². The number of aromatic nitrogens is 2. The van der Waals surface area contributed by atoms with E-state index in [-0.39, 0.29) is 11.5 Å². The topological polar surface area (TPSA) is 52.0 Å². The van der Waals surface area contributed by atoms with Gasteiger partial charge in [0, 0.05) is 23.7 Å². The molecule has 0 radical (unpaired) electrons. The molecule has 4 nitrogen and oxygen atoms in total. The molecule has 2 heterocycles. The first-order chi connectivity index (χ1) is 8.19. The number of halogens is 1. The molecule has 0 aromatic carbocycles. The van der Waals surface area contributed by atoms with Crippen molar-refractivity contribution in [1.82, 2.24) is 9.55 Å². The number of fused-ring (bicyclic) bond motifs is 1. The molecule has 0 amide bonds. The Morgan fingerprint density at radius 3 is 3.00 bits per heavy atom. The second-order valence-electron chi connectivity index (χ2n) is 4.31. The third-order valence-electron chi connectivity index (χ3n) is 3.24. The van der Waals surface area contributed by atoms with Crippen LogP contribution in [-0.2, 0) is 17.8 Å². The molecule has 0 saturated carbocycles. The van der Waals surface area contributed by atoms with Gasteiger partial charge in [0.25, 0.3) is 5.56 Å². The Labute approximate surface area is 105 Å². The quantitative estimate of drug-likeness (QED) is 0.605. The largest absolute Gasteiger partial charge is 0.303 e. The molecule has 0 fully saturated rings. The molecule has 2 rings (SSSR count). The number of hydrogen-bond acceptors (Lipinski definition) is 3. The van der Waals surface area contributed by atoms with Crippen LogP contribution < -0.4 is 5.56 Å². The maximum absolute atomic E-state index is 12.2. The molecule has 0 spiro atoms. The fourth-order valence-electron chi connectivity index (χ4n) is 2.33. The number of alkyl halides is 1. The third kappa shape index (κ3) is 2.14. The number of hydrogen-bond donors (Lipinski definition) is 0. The Balaban J connectivity index is 2.59. The SMILES string of the molecule is Cc1nc2n(c(=O)c1CCCl)CCCC2C=O. The average molecular weight is 255 g/mol. The van der Waals surface area contributed by atoms with Gasteiger partial charge in [0.2, 0.25) is 0 Å². The van der Waals surface area contributed by atoms with Crippen molar-refractivity contribution in [3.8, 4) is 0 Å². The highest BCUT2D eigenvalue weighted by Crippen LogP contribution is 2.22. The van der Waals surface area contributed by atoms with Gasteiger partial charge in [-0.2, -0.15) is 0 Å². The fourth-order valence-corrected chi connectivity index (χ4v) is 2.52. The van der Waals surface area contributed by atoms with Crippen molar-refractivity contribution in [1.29, 1.82) is 0 Å². The first-order valence-corrected chi connectivity index (χ1v) is 6.34. The van der Waals surface area contributed by atoms with E-state index >= 15 is 0 Å². The highest BCUT2D eigenvalue weighted by molar-refractivity contribution is 6.17. The Bertz CT molecular complexity index is 496. The molecule has 1 atom stereocenters. The summed E-state index contributed by atoms with van der Waals surface area (Å²) >= 11 is 5.69. The zero-order valence-corrected chi connectivity index (χ0v) is 10.5. The Hall–Kier alpha value is -1.16. The van der Waals surface area contributed by atoms with Crippen molar-refractivity contribution >= 4 is 17.9 Å². The molecule has 0 bridgehead atoms. The lowest BCUT2D eigenvalue weighted by Gasteiger charge is -2.23. The van der Waals surface area contributed by atoms with Crippen LogP contribution in [-0.4, -0.2) is 21.7 Å². The van der Waals surface area contributed by atoms with E-state index in [0.717, 1.165) is 19.1 Å². The minimum atomic E-state index is -0.236. The smallest absolute Gasteiger partial charge is 0.256 e. The molecule has 0 saturated heterocycles. The van der Waals surface area contributed by atoms with E-state index in [9.17, 15) is 9.59 Å². The molecule has 1 aromatic heterocycles. The van der Waals surface area contributed by atoms with Crippen LogP contribution in [0.25, 0.3) is 0 Å². The monoisotopic (exact) mass is 254 g/mol. The zero-order valence-electron chi connectivity index (χ0n) is 9.78. The first-order valence-electron chi connectivity index (χ1n) is 5.80. The molecule has 0 aliphatic carbocycles. The maximum atomic E-state index is 12.2. The number of aryl methyl sites for hydroxylation is 1. The summed E-state index contributed by atoms with van der Waals surface area (Å²) in [6, 6.07) is 0. The van der Waals surface area contributed by atoms with Gasteiger partial charge in [-0.3, -0.25) is 9.36 Å². The zero-order chi connectivity index (χ0) is 12.4. The van der Waals surface area contributed by atoms with Crippen LogP contribution in [0, 0.1) is 6.92 Å². The minimum absolute atomic E-state index is 0.0281. The summed E-state index contributed by atoms with van der Waals surface area (Å²) in [5.74, 6) is 0.793. The van der Waals surface area contributed by atoms with Gasteiger partial charge in [-0.05, 0) is 26.2 Å². The van der Waals surface area contributed by atoms with Gasteiger partial charge in [0.1, 0.15) is 12.1 Å². The van der Waals surface area contributed by atoms with E-state index in [0.29, 0.717) is 35.9 Å². The minimum Gasteiger partial charge on any atom is -0.303 e. The summed E-state index contributed by atoms with van der Waals surface area (Å²) in [5, 5.41) is 0. The summed E-state index contributed by atoms with van der Waals surface area (Å²) in [7, 11) is 0. The highest BCUT2D eigenvalue weighted by atomic mass is 35.5. The predicted octanol–water partition coefficient (Wildman–Crippen LogP) is 1.41. The number of nitrogens with zero attached hydrogens (tertiary/aromatic N) is 2. The van der Waals surface area contributed by atoms with Crippen molar-refractivity contribution in [2.24, 2.45) is 0 Å². The lowest BCUT2D eigenvalue weighted by Crippen LogP contribution is -2.34. The summed E-state index contributed by atoms with van der Waals surface area (Å²) in [4.78, 5) is 27.6. The third-order valence-corrected chi connectivity index (χ3v) is 3.43. The number of aldehydes is 1. The molecule has 1 aliphatic heterocycles. The van der Waals surface area contributed by atoms with E-state index in [1.807, 2.05) is 0 Å². The number of carbonyl (C=O) groups is 1. The normalized spacial score (nSPS) is 18.8. The molecule has 1 aliphatic rings. The average Bonchev–Trinajstić information content (AvgIpc) is 2.34. The Morgan fingerprint density at radius 1 is 1.59 bits per heavy atom. The van der Waals surface area contributed by atoms with Crippen molar-refractivity contribution in [3.05, 3.63) is 27.4 Å². The number of rotatable bonds is 3. The van der Waals surface area contributed by atoms with E-state index in [1.165, 1.54) is 0 Å². The van der Waals surface area contributed by atoms with Crippen molar-refractivity contribution in [2.45, 2.75) is 38.6 Å². The number of carbonyl (C=O) groups excluding carboxylic acids is 1. The lowest BCUT2D eigenvalue weighted by molar-refractivity contribution is -0.109. The molecule has 17 heavy (non-hydrogen) atoms. The maximum Gasteiger partial charge on any atom is 0.256 e. The van der Waals surface area contributed by atoms with Gasteiger partial charge in [0.15, 0.2) is 0 Å². The standard InChI is InChI=1S/C12H15ClN2O2/c1-8-10(4-5-13)12(17)15-6-2-3-9(7-16)11(15)14-8/h7,9H,2-6H2,1H3.